The van der Waals surface area contributed by atoms with Crippen molar-refractivity contribution < 1.29 is 17.8 Å². The second kappa shape index (κ2) is 6.33. The van der Waals surface area contributed by atoms with Crippen LogP contribution in [0.4, 0.5) is 10.5 Å². The van der Waals surface area contributed by atoms with Gasteiger partial charge < -0.3 is 10.6 Å². The molecule has 0 radical (unpaired) electrons. The molecule has 2 amide bonds. The molecule has 110 valence electrons. The highest BCUT2D eigenvalue weighted by Gasteiger charge is 2.09. The van der Waals surface area contributed by atoms with Crippen LogP contribution in [0.15, 0.2) is 53.7 Å². The summed E-state index contributed by atoms with van der Waals surface area (Å²) in [6.45, 7) is 0.345. The number of urea groups is 1. The van der Waals surface area contributed by atoms with Gasteiger partial charge in [-0.1, -0.05) is 0 Å². The zero-order chi connectivity index (χ0) is 15.3. The van der Waals surface area contributed by atoms with E-state index < -0.39 is 16.1 Å². The van der Waals surface area contributed by atoms with Crippen LogP contribution in [-0.2, 0) is 16.7 Å². The van der Waals surface area contributed by atoms with E-state index >= 15 is 0 Å². The number of rotatable bonds is 4. The molecule has 0 saturated carbocycles. The highest BCUT2D eigenvalue weighted by atomic mass is 32.2. The highest BCUT2D eigenvalue weighted by Crippen LogP contribution is 2.13. The maximum Gasteiger partial charge on any atom is 0.319 e. The number of anilines is 1. The zero-order valence-corrected chi connectivity index (χ0v) is 11.7. The molecule has 0 fully saturated rings. The van der Waals surface area contributed by atoms with Crippen LogP contribution in [0.1, 0.15) is 5.56 Å². The lowest BCUT2D eigenvalue weighted by atomic mass is 10.3. The minimum absolute atomic E-state index is 0.231. The maximum absolute atomic E-state index is 11.7. The topological polar surface area (TPSA) is 108 Å². The fourth-order valence-corrected chi connectivity index (χ4v) is 2.05. The molecular weight excluding hydrogens is 294 g/mol. The van der Waals surface area contributed by atoms with Crippen LogP contribution in [0, 0.1) is 0 Å². The van der Waals surface area contributed by atoms with Crippen molar-refractivity contribution in [2.45, 2.75) is 11.4 Å². The van der Waals surface area contributed by atoms with Gasteiger partial charge in [-0.3, -0.25) is 9.54 Å². The molecule has 0 aliphatic carbocycles. The van der Waals surface area contributed by atoms with Gasteiger partial charge in [-0.2, -0.15) is 8.42 Å². The molecule has 1 heterocycles. The first-order chi connectivity index (χ1) is 9.95. The highest BCUT2D eigenvalue weighted by molar-refractivity contribution is 7.85. The Morgan fingerprint density at radius 2 is 1.71 bits per heavy atom. The van der Waals surface area contributed by atoms with E-state index in [1.54, 1.807) is 24.5 Å². The molecule has 1 aromatic carbocycles. The first-order valence-corrected chi connectivity index (χ1v) is 7.40. The summed E-state index contributed by atoms with van der Waals surface area (Å²) in [5, 5.41) is 5.20. The van der Waals surface area contributed by atoms with E-state index in [0.717, 1.165) is 5.56 Å². The summed E-state index contributed by atoms with van der Waals surface area (Å²) < 4.78 is 30.6. The fourth-order valence-electron chi connectivity index (χ4n) is 1.57. The number of pyridine rings is 1. The zero-order valence-electron chi connectivity index (χ0n) is 10.9. The minimum atomic E-state index is -4.23. The van der Waals surface area contributed by atoms with E-state index in [0.29, 0.717) is 12.2 Å². The van der Waals surface area contributed by atoms with Gasteiger partial charge in [-0.15, -0.1) is 0 Å². The van der Waals surface area contributed by atoms with Gasteiger partial charge in [0, 0.05) is 24.6 Å². The predicted octanol–water partition coefficient (Wildman–Crippen LogP) is 1.65. The monoisotopic (exact) mass is 307 g/mol. The van der Waals surface area contributed by atoms with E-state index in [2.05, 4.69) is 15.6 Å². The third kappa shape index (κ3) is 4.55. The molecule has 0 atom stereocenters. The summed E-state index contributed by atoms with van der Waals surface area (Å²) in [5.41, 5.74) is 1.32. The van der Waals surface area contributed by atoms with Crippen molar-refractivity contribution in [3.8, 4) is 0 Å². The largest absolute Gasteiger partial charge is 0.334 e. The lowest BCUT2D eigenvalue weighted by molar-refractivity contribution is 0.251. The summed E-state index contributed by atoms with van der Waals surface area (Å²) in [6, 6.07) is 8.31. The normalized spacial score (nSPS) is 10.9. The molecule has 2 aromatic rings. The van der Waals surface area contributed by atoms with Crippen LogP contribution in [0.5, 0.6) is 0 Å². The van der Waals surface area contributed by atoms with Crippen LogP contribution in [0.3, 0.4) is 0 Å². The number of carbonyl (C=O) groups excluding carboxylic acids is 1. The van der Waals surface area contributed by atoms with Crippen molar-refractivity contribution in [2.24, 2.45) is 0 Å². The Kier molecular flexibility index (Phi) is 4.51. The van der Waals surface area contributed by atoms with Gasteiger partial charge in [0.1, 0.15) is 0 Å². The second-order valence-electron chi connectivity index (χ2n) is 4.16. The van der Waals surface area contributed by atoms with E-state index in [4.69, 9.17) is 4.55 Å². The average Bonchev–Trinajstić information content (AvgIpc) is 2.46. The number of aromatic nitrogens is 1. The Morgan fingerprint density at radius 3 is 2.29 bits per heavy atom. The molecule has 1 aromatic heterocycles. The third-order valence-corrected chi connectivity index (χ3v) is 3.48. The van der Waals surface area contributed by atoms with Gasteiger partial charge in [-0.25, -0.2) is 4.79 Å². The van der Waals surface area contributed by atoms with Gasteiger partial charge in [0.15, 0.2) is 0 Å². The molecule has 0 unspecified atom stereocenters. The molecule has 0 bridgehead atoms. The van der Waals surface area contributed by atoms with Gasteiger partial charge in [0.25, 0.3) is 10.1 Å². The standard InChI is InChI=1S/C13H13N3O4S/c17-13(15-9-10-5-7-14-8-6-10)16-11-1-3-12(4-2-11)21(18,19)20/h1-8H,9H2,(H2,15,16,17)(H,18,19,20). The molecule has 0 aliphatic rings. The molecular formula is C13H13N3O4S. The number of nitrogens with zero attached hydrogens (tertiary/aromatic N) is 1. The van der Waals surface area contributed by atoms with Gasteiger partial charge >= 0.3 is 6.03 Å². The summed E-state index contributed by atoms with van der Waals surface area (Å²) in [5.74, 6) is 0. The molecule has 7 nitrogen and oxygen atoms in total. The predicted molar refractivity (Wildman–Crippen MR) is 76.4 cm³/mol. The van der Waals surface area contributed by atoms with Crippen molar-refractivity contribution in [1.82, 2.24) is 10.3 Å². The van der Waals surface area contributed by atoms with Crippen LogP contribution in [0.2, 0.25) is 0 Å². The van der Waals surface area contributed by atoms with E-state index in [1.807, 2.05) is 0 Å². The molecule has 2 rings (SSSR count). The molecule has 0 saturated heterocycles. The average molecular weight is 307 g/mol. The van der Waals surface area contributed by atoms with Crippen molar-refractivity contribution in [3.05, 3.63) is 54.4 Å². The third-order valence-electron chi connectivity index (χ3n) is 2.61. The van der Waals surface area contributed by atoms with Crippen LogP contribution in [-0.4, -0.2) is 24.0 Å². The number of benzene rings is 1. The Hall–Kier alpha value is -2.45. The van der Waals surface area contributed by atoms with Crippen molar-refractivity contribution in [2.75, 3.05) is 5.32 Å². The summed E-state index contributed by atoms with van der Waals surface area (Å²) >= 11 is 0. The fraction of sp³-hybridized carbons (Fsp3) is 0.0769. The Bertz CT molecular complexity index is 715. The molecule has 3 N–H and O–H groups in total. The van der Waals surface area contributed by atoms with Gasteiger partial charge in [0.2, 0.25) is 0 Å². The quantitative estimate of drug-likeness (QED) is 0.744. The van der Waals surface area contributed by atoms with Crippen molar-refractivity contribution in [1.29, 1.82) is 0 Å². The Labute approximate surface area is 121 Å². The SMILES string of the molecule is O=C(NCc1ccncc1)Nc1ccc(S(=O)(=O)O)cc1. The van der Waals surface area contributed by atoms with Gasteiger partial charge in [0.05, 0.1) is 4.90 Å². The first kappa shape index (κ1) is 14.9. The lowest BCUT2D eigenvalue weighted by Gasteiger charge is -2.08. The molecule has 21 heavy (non-hydrogen) atoms. The van der Waals surface area contributed by atoms with Crippen molar-refractivity contribution in [3.63, 3.8) is 0 Å². The lowest BCUT2D eigenvalue weighted by Crippen LogP contribution is -2.28. The number of hydrogen-bond donors (Lipinski definition) is 3. The van der Waals surface area contributed by atoms with Gasteiger partial charge in [-0.05, 0) is 42.0 Å². The van der Waals surface area contributed by atoms with Crippen LogP contribution >= 0.6 is 0 Å². The second-order valence-corrected chi connectivity index (χ2v) is 5.58. The smallest absolute Gasteiger partial charge is 0.319 e. The minimum Gasteiger partial charge on any atom is -0.334 e. The summed E-state index contributed by atoms with van der Waals surface area (Å²) in [7, 11) is -4.23. The van der Waals surface area contributed by atoms with E-state index in [1.165, 1.54) is 24.3 Å². The number of nitrogens with one attached hydrogen (secondary N) is 2. The van der Waals surface area contributed by atoms with Crippen molar-refractivity contribution >= 4 is 21.8 Å². The molecule has 0 spiro atoms. The molecule has 0 aliphatic heterocycles. The van der Waals surface area contributed by atoms with Crippen LogP contribution < -0.4 is 10.6 Å². The van der Waals surface area contributed by atoms with Crippen LogP contribution in [0.25, 0.3) is 0 Å². The first-order valence-electron chi connectivity index (χ1n) is 5.96. The number of hydrogen-bond acceptors (Lipinski definition) is 4. The Morgan fingerprint density at radius 1 is 1.10 bits per heavy atom. The molecule has 8 heteroatoms. The van der Waals surface area contributed by atoms with E-state index in [-0.39, 0.29) is 4.90 Å². The number of amides is 2. The Balaban J connectivity index is 1.91. The summed E-state index contributed by atoms with van der Waals surface area (Å²) in [4.78, 5) is 15.3. The van der Waals surface area contributed by atoms with E-state index in [9.17, 15) is 13.2 Å². The summed E-state index contributed by atoms with van der Waals surface area (Å²) in [6.07, 6.45) is 3.26. The maximum atomic E-state index is 11.7. The number of carbonyl (C=O) groups is 1.